The number of hydrogen-bond acceptors (Lipinski definition) is 6. The molecule has 0 aliphatic heterocycles. The summed E-state index contributed by atoms with van der Waals surface area (Å²) in [5.74, 6) is 1.17. The predicted octanol–water partition coefficient (Wildman–Crippen LogP) is 3.79. The Morgan fingerprint density at radius 3 is 2.81 bits per heavy atom. The molecular weight excluding hydrogens is 346 g/mol. The molecule has 4 rings (SSSR count). The molecule has 0 aromatic carbocycles. The number of nitrogens with zero attached hydrogens (tertiary/aromatic N) is 2. The highest BCUT2D eigenvalue weighted by atomic mass is 32.1. The lowest BCUT2D eigenvalue weighted by Crippen LogP contribution is -2.34. The highest BCUT2D eigenvalue weighted by Gasteiger charge is 2.32. The van der Waals surface area contributed by atoms with E-state index in [4.69, 9.17) is 4.74 Å². The van der Waals surface area contributed by atoms with Gasteiger partial charge in [0.15, 0.2) is 0 Å². The molecule has 5 nitrogen and oxygen atoms in total. The Kier molecular flexibility index (Phi) is 5.43. The van der Waals surface area contributed by atoms with Crippen molar-refractivity contribution in [2.24, 2.45) is 0 Å². The maximum Gasteiger partial charge on any atom is 0.225 e. The quantitative estimate of drug-likeness (QED) is 0.804. The molecule has 0 unspecified atom stereocenters. The second-order valence-electron chi connectivity index (χ2n) is 7.71. The minimum Gasteiger partial charge on any atom is -0.474 e. The van der Waals surface area contributed by atoms with Crippen LogP contribution < -0.4 is 10.1 Å². The highest BCUT2D eigenvalue weighted by Crippen LogP contribution is 2.47. The smallest absolute Gasteiger partial charge is 0.225 e. The van der Waals surface area contributed by atoms with Crippen molar-refractivity contribution in [1.82, 2.24) is 15.3 Å². The van der Waals surface area contributed by atoms with Crippen molar-refractivity contribution in [3.63, 3.8) is 0 Å². The largest absolute Gasteiger partial charge is 0.474 e. The lowest BCUT2D eigenvalue weighted by Gasteiger charge is -2.28. The topological polar surface area (TPSA) is 67.3 Å². The van der Waals surface area contributed by atoms with Gasteiger partial charge in [0.25, 0.3) is 0 Å². The van der Waals surface area contributed by atoms with Crippen LogP contribution in [-0.2, 0) is 6.42 Å². The number of aromatic nitrogens is 2. The highest BCUT2D eigenvalue weighted by molar-refractivity contribution is 7.19. The van der Waals surface area contributed by atoms with Gasteiger partial charge in [-0.2, -0.15) is 0 Å². The molecule has 142 valence electrons. The molecule has 2 N–H and O–H groups in total. The summed E-state index contributed by atoms with van der Waals surface area (Å²) < 4.78 is 6.39. The molecule has 0 saturated heterocycles. The lowest BCUT2D eigenvalue weighted by molar-refractivity contribution is 0.137. The van der Waals surface area contributed by atoms with E-state index in [9.17, 15) is 5.11 Å². The maximum atomic E-state index is 10.2. The van der Waals surface area contributed by atoms with Crippen LogP contribution >= 0.6 is 11.3 Å². The summed E-state index contributed by atoms with van der Waals surface area (Å²) in [6, 6.07) is 0.616. The van der Waals surface area contributed by atoms with Crippen molar-refractivity contribution in [2.45, 2.75) is 82.5 Å². The van der Waals surface area contributed by atoms with Crippen molar-refractivity contribution >= 4 is 21.6 Å². The third kappa shape index (κ3) is 3.47. The van der Waals surface area contributed by atoms with Crippen LogP contribution in [0.4, 0.5) is 0 Å². The van der Waals surface area contributed by atoms with E-state index in [2.05, 4.69) is 15.3 Å². The fourth-order valence-electron chi connectivity index (χ4n) is 4.49. The summed E-state index contributed by atoms with van der Waals surface area (Å²) in [6.45, 7) is 2.05. The van der Waals surface area contributed by atoms with E-state index in [-0.39, 0.29) is 12.2 Å². The first-order valence-corrected chi connectivity index (χ1v) is 10.8. The number of hydrogen-bond donors (Lipinski definition) is 2. The molecule has 2 aromatic heterocycles. The molecule has 1 saturated carbocycles. The predicted molar refractivity (Wildman–Crippen MR) is 105 cm³/mol. The molecule has 2 aliphatic rings. The molecule has 0 amide bonds. The molecule has 26 heavy (non-hydrogen) atoms. The molecule has 0 radical (unpaired) electrons. The summed E-state index contributed by atoms with van der Waals surface area (Å²) in [7, 11) is 2.04. The van der Waals surface area contributed by atoms with Crippen LogP contribution in [0.3, 0.4) is 0 Å². The Morgan fingerprint density at radius 1 is 1.27 bits per heavy atom. The van der Waals surface area contributed by atoms with Crippen LogP contribution in [0.25, 0.3) is 10.2 Å². The minimum absolute atomic E-state index is 0.230. The fraction of sp³-hybridized carbons (Fsp3) is 0.700. The van der Waals surface area contributed by atoms with Crippen molar-refractivity contribution in [3.05, 3.63) is 16.8 Å². The summed E-state index contributed by atoms with van der Waals surface area (Å²) in [5.41, 5.74) is 1.36. The first-order chi connectivity index (χ1) is 12.7. The van der Waals surface area contributed by atoms with Gasteiger partial charge in [-0.05, 0) is 69.9 Å². The first-order valence-electron chi connectivity index (χ1n) is 9.97. The Hall–Kier alpha value is -1.24. The number of aryl methyl sites for hydroxylation is 1. The van der Waals surface area contributed by atoms with Crippen molar-refractivity contribution in [2.75, 3.05) is 7.05 Å². The third-order valence-corrected chi connectivity index (χ3v) is 7.26. The van der Waals surface area contributed by atoms with Crippen LogP contribution in [0, 0.1) is 0 Å². The van der Waals surface area contributed by atoms with E-state index in [1.165, 1.54) is 10.4 Å². The van der Waals surface area contributed by atoms with Crippen molar-refractivity contribution < 1.29 is 9.84 Å². The molecule has 2 atom stereocenters. The summed E-state index contributed by atoms with van der Waals surface area (Å²) in [5, 5.41) is 14.7. The van der Waals surface area contributed by atoms with E-state index >= 15 is 0 Å². The first kappa shape index (κ1) is 18.1. The Labute approximate surface area is 159 Å². The third-order valence-electron chi connectivity index (χ3n) is 6.08. The van der Waals surface area contributed by atoms with E-state index in [1.54, 1.807) is 17.7 Å². The summed E-state index contributed by atoms with van der Waals surface area (Å²) in [4.78, 5) is 11.5. The number of aliphatic hydroxyl groups excluding tert-OH is 1. The average molecular weight is 376 g/mol. The molecule has 2 heterocycles. The fourth-order valence-corrected chi connectivity index (χ4v) is 5.72. The van der Waals surface area contributed by atoms with E-state index in [0.717, 1.165) is 67.5 Å². The second kappa shape index (κ2) is 7.79. The number of aliphatic hydroxyl groups is 1. The van der Waals surface area contributed by atoms with Crippen molar-refractivity contribution in [1.29, 1.82) is 0 Å². The van der Waals surface area contributed by atoms with E-state index in [0.29, 0.717) is 12.0 Å². The monoisotopic (exact) mass is 375 g/mol. The standard InChI is InChI=1S/C20H29N3O2S/c1-3-14(24)10-12-4-9-16-17(12)18-19(22-11-23-20(18)26-16)25-15-7-5-13(21-2)6-8-15/h11-15,21,24H,3-10H2,1-2H3/t12-,13?,14+,15?/m1/s1. The molecule has 2 aromatic rings. The van der Waals surface area contributed by atoms with Gasteiger partial charge in [0.2, 0.25) is 5.88 Å². The van der Waals surface area contributed by atoms with Gasteiger partial charge in [-0.3, -0.25) is 0 Å². The molecule has 0 bridgehead atoms. The number of nitrogens with one attached hydrogen (secondary N) is 1. The van der Waals surface area contributed by atoms with Gasteiger partial charge in [-0.1, -0.05) is 6.92 Å². The summed E-state index contributed by atoms with van der Waals surface area (Å²) in [6.07, 6.45) is 9.95. The minimum atomic E-state index is -0.230. The van der Waals surface area contributed by atoms with Crippen LogP contribution in [0.2, 0.25) is 0 Å². The zero-order chi connectivity index (χ0) is 18.1. The van der Waals surface area contributed by atoms with E-state index in [1.807, 2.05) is 14.0 Å². The van der Waals surface area contributed by atoms with Gasteiger partial charge >= 0.3 is 0 Å². The Balaban J connectivity index is 1.60. The molecule has 1 fully saturated rings. The van der Waals surface area contributed by atoms with Gasteiger partial charge in [-0.25, -0.2) is 9.97 Å². The van der Waals surface area contributed by atoms with Gasteiger partial charge in [0, 0.05) is 10.9 Å². The average Bonchev–Trinajstić information content (AvgIpc) is 3.22. The SMILES string of the molecule is CC[C@H](O)C[C@H]1CCc2sc3ncnc(OC4CCC(NC)CC4)c3c21. The summed E-state index contributed by atoms with van der Waals surface area (Å²) >= 11 is 1.78. The maximum absolute atomic E-state index is 10.2. The Morgan fingerprint density at radius 2 is 2.08 bits per heavy atom. The van der Waals surface area contributed by atoms with E-state index < -0.39 is 0 Å². The van der Waals surface area contributed by atoms with Gasteiger partial charge in [-0.15, -0.1) is 11.3 Å². The zero-order valence-electron chi connectivity index (χ0n) is 15.7. The number of rotatable bonds is 6. The molecular formula is C20H29N3O2S. The Bertz CT molecular complexity index is 755. The van der Waals surface area contributed by atoms with Crippen LogP contribution in [-0.4, -0.2) is 40.4 Å². The normalized spacial score (nSPS) is 26.8. The van der Waals surface area contributed by atoms with Crippen LogP contribution in [0.1, 0.15) is 68.2 Å². The van der Waals surface area contributed by atoms with Crippen molar-refractivity contribution in [3.8, 4) is 5.88 Å². The van der Waals surface area contributed by atoms with Gasteiger partial charge in [0.1, 0.15) is 17.3 Å². The zero-order valence-corrected chi connectivity index (χ0v) is 16.5. The second-order valence-corrected chi connectivity index (χ2v) is 8.80. The molecule has 2 aliphatic carbocycles. The number of ether oxygens (including phenoxy) is 1. The van der Waals surface area contributed by atoms with Crippen LogP contribution in [0.5, 0.6) is 5.88 Å². The lowest BCUT2D eigenvalue weighted by atomic mass is 9.92. The molecule has 0 spiro atoms. The van der Waals surface area contributed by atoms with Gasteiger partial charge < -0.3 is 15.2 Å². The number of fused-ring (bicyclic) bond motifs is 3. The van der Waals surface area contributed by atoms with Crippen LogP contribution in [0.15, 0.2) is 6.33 Å². The number of thiophene rings is 1. The van der Waals surface area contributed by atoms with Gasteiger partial charge in [0.05, 0.1) is 11.5 Å². The molecule has 6 heteroatoms.